The molecule has 6 nitrogen and oxygen atoms in total. The predicted molar refractivity (Wildman–Crippen MR) is 84.6 cm³/mol. The van der Waals surface area contributed by atoms with Gasteiger partial charge in [0.05, 0.1) is 18.4 Å². The van der Waals surface area contributed by atoms with E-state index in [0.29, 0.717) is 17.9 Å². The molecule has 24 heavy (non-hydrogen) atoms. The molecule has 1 saturated carbocycles. The number of nitrogens with zero attached hydrogens (tertiary/aromatic N) is 1. The summed E-state index contributed by atoms with van der Waals surface area (Å²) in [6.07, 6.45) is 4.91. The van der Waals surface area contributed by atoms with Crippen molar-refractivity contribution in [1.29, 1.82) is 0 Å². The Labute approximate surface area is 139 Å². The van der Waals surface area contributed by atoms with Crippen molar-refractivity contribution in [2.75, 3.05) is 6.61 Å². The van der Waals surface area contributed by atoms with E-state index in [2.05, 4.69) is 5.43 Å². The number of imide groups is 1. The Kier molecular flexibility index (Phi) is 3.40. The second-order valence-corrected chi connectivity index (χ2v) is 6.41. The molecule has 3 aliphatic rings. The van der Waals surface area contributed by atoms with Gasteiger partial charge in [0, 0.05) is 5.56 Å². The van der Waals surface area contributed by atoms with Gasteiger partial charge in [-0.2, -0.15) is 5.01 Å². The lowest BCUT2D eigenvalue weighted by molar-refractivity contribution is -0.143. The van der Waals surface area contributed by atoms with Crippen LogP contribution in [0.5, 0.6) is 5.75 Å². The molecule has 1 N–H and O–H groups in total. The largest absolute Gasteiger partial charge is 0.494 e. The quantitative estimate of drug-likeness (QED) is 0.673. The third-order valence-electron chi connectivity index (χ3n) is 5.11. The number of fused-ring (bicyclic) bond motifs is 5. The monoisotopic (exact) mass is 326 g/mol. The second-order valence-electron chi connectivity index (χ2n) is 6.41. The fourth-order valence-corrected chi connectivity index (χ4v) is 4.05. The topological polar surface area (TPSA) is 75.7 Å². The maximum atomic E-state index is 12.5. The maximum absolute atomic E-state index is 12.5. The number of carbonyl (C=O) groups excluding carboxylic acids is 3. The van der Waals surface area contributed by atoms with Gasteiger partial charge in [0.2, 0.25) is 0 Å². The first-order valence-corrected chi connectivity index (χ1v) is 8.20. The van der Waals surface area contributed by atoms with E-state index < -0.39 is 5.91 Å². The van der Waals surface area contributed by atoms with Gasteiger partial charge in [0.15, 0.2) is 0 Å². The highest BCUT2D eigenvalue weighted by molar-refractivity contribution is 6.08. The van der Waals surface area contributed by atoms with Gasteiger partial charge in [-0.3, -0.25) is 19.8 Å². The summed E-state index contributed by atoms with van der Waals surface area (Å²) < 4.78 is 5.33. The lowest BCUT2D eigenvalue weighted by atomic mass is 9.85. The Bertz CT molecular complexity index is 710. The van der Waals surface area contributed by atoms with Crippen LogP contribution in [0.25, 0.3) is 0 Å². The molecule has 2 fully saturated rings. The first-order chi connectivity index (χ1) is 11.6. The molecule has 0 radical (unpaired) electrons. The molecule has 4 atom stereocenters. The van der Waals surface area contributed by atoms with Crippen LogP contribution in [0, 0.1) is 23.7 Å². The van der Waals surface area contributed by atoms with Gasteiger partial charge in [0.25, 0.3) is 17.7 Å². The minimum atomic E-state index is -0.472. The number of nitrogens with one attached hydrogen (secondary N) is 1. The van der Waals surface area contributed by atoms with Crippen LogP contribution in [-0.4, -0.2) is 29.3 Å². The Morgan fingerprint density at radius 3 is 2.25 bits per heavy atom. The van der Waals surface area contributed by atoms with Crippen molar-refractivity contribution in [1.82, 2.24) is 10.4 Å². The van der Waals surface area contributed by atoms with Crippen molar-refractivity contribution in [3.05, 3.63) is 42.0 Å². The minimum Gasteiger partial charge on any atom is -0.494 e. The maximum Gasteiger partial charge on any atom is 0.270 e. The minimum absolute atomic E-state index is 0.129. The summed E-state index contributed by atoms with van der Waals surface area (Å²) in [6, 6.07) is 6.59. The standard InChI is InChI=1S/C18H18N2O4/c1-2-24-13-7-5-10(6-8-13)16(21)19-20-17(22)14-11-3-4-12(9-11)15(14)18(20)23/h3-8,11-12,14-15H,2,9H2,1H3,(H,19,21)/t11-,12-,14-,15+/m0/s1. The average Bonchev–Trinajstić information content (AvgIpc) is 3.26. The van der Waals surface area contributed by atoms with Crippen LogP contribution in [0.3, 0.4) is 0 Å². The van der Waals surface area contributed by atoms with E-state index in [9.17, 15) is 14.4 Å². The van der Waals surface area contributed by atoms with Crippen molar-refractivity contribution in [3.63, 3.8) is 0 Å². The molecule has 1 saturated heterocycles. The molecule has 0 spiro atoms. The molecule has 3 amide bonds. The fraction of sp³-hybridized carbons (Fsp3) is 0.389. The molecule has 0 unspecified atom stereocenters. The van der Waals surface area contributed by atoms with Gasteiger partial charge < -0.3 is 4.74 Å². The van der Waals surface area contributed by atoms with E-state index >= 15 is 0 Å². The molecule has 1 aliphatic heterocycles. The first-order valence-electron chi connectivity index (χ1n) is 8.20. The number of ether oxygens (including phenoxy) is 1. The lowest BCUT2D eigenvalue weighted by Gasteiger charge is -2.18. The normalized spacial score (nSPS) is 30.0. The van der Waals surface area contributed by atoms with Gasteiger partial charge in [-0.1, -0.05) is 12.2 Å². The molecular formula is C18H18N2O4. The van der Waals surface area contributed by atoms with Crippen molar-refractivity contribution in [2.24, 2.45) is 23.7 Å². The van der Waals surface area contributed by atoms with E-state index in [1.54, 1.807) is 24.3 Å². The number of hydrogen-bond acceptors (Lipinski definition) is 4. The van der Waals surface area contributed by atoms with Crippen LogP contribution in [0.1, 0.15) is 23.7 Å². The number of benzene rings is 1. The Hall–Kier alpha value is -2.63. The van der Waals surface area contributed by atoms with Crippen LogP contribution >= 0.6 is 0 Å². The number of rotatable bonds is 4. The van der Waals surface area contributed by atoms with Crippen LogP contribution in [0.4, 0.5) is 0 Å². The number of carbonyl (C=O) groups is 3. The second kappa shape index (κ2) is 5.47. The highest BCUT2D eigenvalue weighted by Crippen LogP contribution is 2.52. The van der Waals surface area contributed by atoms with Gasteiger partial charge >= 0.3 is 0 Å². The van der Waals surface area contributed by atoms with Crippen LogP contribution in [0.15, 0.2) is 36.4 Å². The molecule has 6 heteroatoms. The third kappa shape index (κ3) is 2.13. The van der Waals surface area contributed by atoms with E-state index in [1.807, 2.05) is 19.1 Å². The zero-order valence-electron chi connectivity index (χ0n) is 13.3. The van der Waals surface area contributed by atoms with Crippen molar-refractivity contribution in [3.8, 4) is 5.75 Å². The summed E-state index contributed by atoms with van der Waals surface area (Å²) in [4.78, 5) is 37.4. The number of amides is 3. The Morgan fingerprint density at radius 1 is 1.12 bits per heavy atom. The SMILES string of the molecule is CCOc1ccc(C(=O)NN2C(=O)[C@@H]3[C@H](C2=O)[C@H]2C=C[C@H]3C2)cc1. The van der Waals surface area contributed by atoms with Crippen LogP contribution in [-0.2, 0) is 9.59 Å². The molecule has 1 heterocycles. The van der Waals surface area contributed by atoms with E-state index in [0.717, 1.165) is 11.4 Å². The molecule has 0 aromatic heterocycles. The van der Waals surface area contributed by atoms with Gasteiger partial charge in [-0.25, -0.2) is 0 Å². The number of hydrogen-bond donors (Lipinski definition) is 1. The summed E-state index contributed by atoms with van der Waals surface area (Å²) in [5.74, 6) is -0.754. The molecular weight excluding hydrogens is 308 g/mol. The summed E-state index contributed by atoms with van der Waals surface area (Å²) in [5.41, 5.74) is 2.84. The molecule has 2 aliphatic carbocycles. The van der Waals surface area contributed by atoms with Crippen molar-refractivity contribution >= 4 is 17.7 Å². The molecule has 124 valence electrons. The highest BCUT2D eigenvalue weighted by atomic mass is 16.5. The van der Waals surface area contributed by atoms with Crippen molar-refractivity contribution in [2.45, 2.75) is 13.3 Å². The highest BCUT2D eigenvalue weighted by Gasteiger charge is 2.59. The van der Waals surface area contributed by atoms with Crippen molar-refractivity contribution < 1.29 is 19.1 Å². The van der Waals surface area contributed by atoms with Crippen LogP contribution in [0.2, 0.25) is 0 Å². The predicted octanol–water partition coefficient (Wildman–Crippen LogP) is 1.54. The van der Waals surface area contributed by atoms with Gasteiger partial charge in [0.1, 0.15) is 5.75 Å². The summed E-state index contributed by atoms with van der Waals surface area (Å²) in [7, 11) is 0. The third-order valence-corrected chi connectivity index (χ3v) is 5.11. The molecule has 4 rings (SSSR count). The number of allylic oxidation sites excluding steroid dienone is 2. The lowest BCUT2D eigenvalue weighted by Crippen LogP contribution is -2.47. The summed E-state index contributed by atoms with van der Waals surface area (Å²) in [5, 5.41) is 0.917. The van der Waals surface area contributed by atoms with Gasteiger partial charge in [-0.05, 0) is 49.4 Å². The average molecular weight is 326 g/mol. The zero-order valence-corrected chi connectivity index (χ0v) is 13.3. The van der Waals surface area contributed by atoms with E-state index in [-0.39, 0.29) is 35.5 Å². The smallest absolute Gasteiger partial charge is 0.270 e. The zero-order chi connectivity index (χ0) is 16.8. The number of hydrazine groups is 1. The van der Waals surface area contributed by atoms with Gasteiger partial charge in [-0.15, -0.1) is 0 Å². The Balaban J connectivity index is 1.48. The molecule has 2 bridgehead atoms. The molecule has 1 aromatic rings. The molecule has 1 aromatic carbocycles. The Morgan fingerprint density at radius 2 is 1.71 bits per heavy atom. The van der Waals surface area contributed by atoms with E-state index in [4.69, 9.17) is 4.74 Å². The first kappa shape index (κ1) is 14.9. The summed E-state index contributed by atoms with van der Waals surface area (Å²) in [6.45, 7) is 2.42. The summed E-state index contributed by atoms with van der Waals surface area (Å²) >= 11 is 0. The fourth-order valence-electron chi connectivity index (χ4n) is 4.05. The van der Waals surface area contributed by atoms with Crippen LogP contribution < -0.4 is 10.2 Å². The van der Waals surface area contributed by atoms with E-state index in [1.165, 1.54) is 0 Å².